The van der Waals surface area contributed by atoms with Crippen molar-refractivity contribution in [2.24, 2.45) is 0 Å². The highest BCUT2D eigenvalue weighted by Crippen LogP contribution is 2.09. The Morgan fingerprint density at radius 1 is 1.37 bits per heavy atom. The summed E-state index contributed by atoms with van der Waals surface area (Å²) in [5.74, 6) is 0.174. The largest absolute Gasteiger partial charge is 0.381 e. The summed E-state index contributed by atoms with van der Waals surface area (Å²) in [4.78, 5) is 11.6. The van der Waals surface area contributed by atoms with Crippen LogP contribution in [0.4, 0.5) is 5.82 Å². The molecule has 2 rings (SSSR count). The van der Waals surface area contributed by atoms with Crippen molar-refractivity contribution < 1.29 is 4.79 Å². The number of nitrogens with two attached hydrogens (primary N) is 1. The van der Waals surface area contributed by atoms with Gasteiger partial charge in [-0.25, -0.2) is 4.68 Å². The number of nitrogens with one attached hydrogen (secondary N) is 1. The Morgan fingerprint density at radius 3 is 2.74 bits per heavy atom. The number of nitrogens with zero attached hydrogens (tertiary/aromatic N) is 3. The fraction of sp³-hybridized carbons (Fsp3) is 0.250. The van der Waals surface area contributed by atoms with Crippen LogP contribution in [-0.2, 0) is 17.8 Å². The molecule has 0 aliphatic rings. The summed E-state index contributed by atoms with van der Waals surface area (Å²) in [6.07, 6.45) is 2.27. The fourth-order valence-electron chi connectivity index (χ4n) is 1.59. The summed E-state index contributed by atoms with van der Waals surface area (Å²) in [5.41, 5.74) is 6.53. The van der Waals surface area contributed by atoms with Gasteiger partial charge in [-0.15, -0.1) is 5.10 Å². The van der Waals surface area contributed by atoms with Crippen LogP contribution in [0.2, 0.25) is 5.02 Å². The van der Waals surface area contributed by atoms with Gasteiger partial charge in [-0.1, -0.05) is 28.9 Å². The molecule has 0 fully saturated rings. The SMILES string of the molecule is Nc1cn(CC(=O)NCCc2ccc(Cl)cc2)nn1. The molecule has 0 spiro atoms. The molecule has 19 heavy (non-hydrogen) atoms. The van der Waals surface area contributed by atoms with E-state index in [0.717, 1.165) is 12.0 Å². The lowest BCUT2D eigenvalue weighted by molar-refractivity contribution is -0.121. The fourth-order valence-corrected chi connectivity index (χ4v) is 1.72. The maximum absolute atomic E-state index is 11.6. The molecule has 0 saturated carbocycles. The van der Waals surface area contributed by atoms with Crippen molar-refractivity contribution in [1.29, 1.82) is 0 Å². The Morgan fingerprint density at radius 2 is 2.11 bits per heavy atom. The van der Waals surface area contributed by atoms with Crippen molar-refractivity contribution in [2.45, 2.75) is 13.0 Å². The molecular formula is C12H14ClN5O. The Hall–Kier alpha value is -2.08. The molecule has 0 atom stereocenters. The number of nitrogen functional groups attached to an aromatic ring is 1. The van der Waals surface area contributed by atoms with Gasteiger partial charge >= 0.3 is 0 Å². The number of hydrogen-bond donors (Lipinski definition) is 2. The quantitative estimate of drug-likeness (QED) is 0.850. The zero-order chi connectivity index (χ0) is 13.7. The van der Waals surface area contributed by atoms with Crippen molar-refractivity contribution in [3.8, 4) is 0 Å². The molecule has 1 amide bonds. The van der Waals surface area contributed by atoms with E-state index in [-0.39, 0.29) is 12.5 Å². The Labute approximate surface area is 115 Å². The van der Waals surface area contributed by atoms with Crippen LogP contribution in [0.3, 0.4) is 0 Å². The number of anilines is 1. The minimum atomic E-state index is -0.126. The molecule has 6 nitrogen and oxygen atoms in total. The molecule has 0 saturated heterocycles. The Balaban J connectivity index is 1.73. The summed E-state index contributed by atoms with van der Waals surface area (Å²) in [6.45, 7) is 0.676. The summed E-state index contributed by atoms with van der Waals surface area (Å²) in [5, 5.41) is 10.8. The molecule has 1 aromatic heterocycles. The lowest BCUT2D eigenvalue weighted by atomic mass is 10.1. The monoisotopic (exact) mass is 279 g/mol. The van der Waals surface area contributed by atoms with Crippen molar-refractivity contribution in [3.05, 3.63) is 41.0 Å². The van der Waals surface area contributed by atoms with E-state index in [2.05, 4.69) is 15.6 Å². The Bertz CT molecular complexity index is 552. The molecule has 7 heteroatoms. The number of carbonyl (C=O) groups is 1. The molecule has 3 N–H and O–H groups in total. The summed E-state index contributed by atoms with van der Waals surface area (Å²) in [6, 6.07) is 7.53. The molecule has 1 aromatic carbocycles. The van der Waals surface area contributed by atoms with Gasteiger partial charge in [0.05, 0.1) is 6.20 Å². The second kappa shape index (κ2) is 6.19. The molecule has 1 heterocycles. The zero-order valence-electron chi connectivity index (χ0n) is 10.2. The predicted molar refractivity (Wildman–Crippen MR) is 72.6 cm³/mol. The number of benzene rings is 1. The van der Waals surface area contributed by atoms with E-state index < -0.39 is 0 Å². The topological polar surface area (TPSA) is 85.8 Å². The third-order valence-electron chi connectivity index (χ3n) is 2.51. The third-order valence-corrected chi connectivity index (χ3v) is 2.76. The van der Waals surface area contributed by atoms with Crippen molar-refractivity contribution in [2.75, 3.05) is 12.3 Å². The highest BCUT2D eigenvalue weighted by Gasteiger charge is 2.04. The standard InChI is InChI=1S/C12H14ClN5O/c13-10-3-1-9(2-4-10)5-6-15-12(19)8-18-7-11(14)16-17-18/h1-4,7H,5-6,8,14H2,(H,15,19). The number of amides is 1. The minimum absolute atomic E-state index is 0.116. The van der Waals surface area contributed by atoms with Crippen LogP contribution >= 0.6 is 11.6 Å². The van der Waals surface area contributed by atoms with E-state index in [1.807, 2.05) is 24.3 Å². The van der Waals surface area contributed by atoms with Gasteiger partial charge in [0.2, 0.25) is 5.91 Å². The van der Waals surface area contributed by atoms with E-state index in [1.54, 1.807) is 0 Å². The van der Waals surface area contributed by atoms with Gasteiger partial charge in [-0.2, -0.15) is 0 Å². The second-order valence-electron chi connectivity index (χ2n) is 4.07. The maximum atomic E-state index is 11.6. The van der Waals surface area contributed by atoms with Crippen LogP contribution < -0.4 is 11.1 Å². The van der Waals surface area contributed by atoms with Gasteiger partial charge in [-0.3, -0.25) is 4.79 Å². The molecule has 2 aromatic rings. The minimum Gasteiger partial charge on any atom is -0.381 e. The van der Waals surface area contributed by atoms with Gasteiger partial charge in [0.15, 0.2) is 5.82 Å². The normalized spacial score (nSPS) is 10.4. The average molecular weight is 280 g/mol. The first-order valence-corrected chi connectivity index (χ1v) is 6.18. The van der Waals surface area contributed by atoms with Crippen LogP contribution in [0.15, 0.2) is 30.5 Å². The lowest BCUT2D eigenvalue weighted by Gasteiger charge is -2.05. The molecule has 0 unspecified atom stereocenters. The highest BCUT2D eigenvalue weighted by atomic mass is 35.5. The summed E-state index contributed by atoms with van der Waals surface area (Å²) in [7, 11) is 0. The molecule has 0 aliphatic carbocycles. The number of carbonyl (C=O) groups excluding carboxylic acids is 1. The highest BCUT2D eigenvalue weighted by molar-refractivity contribution is 6.30. The van der Waals surface area contributed by atoms with E-state index >= 15 is 0 Å². The third kappa shape index (κ3) is 4.26. The van der Waals surface area contributed by atoms with E-state index in [9.17, 15) is 4.79 Å². The van der Waals surface area contributed by atoms with Crippen LogP contribution in [0, 0.1) is 0 Å². The number of hydrogen-bond acceptors (Lipinski definition) is 4. The Kier molecular flexibility index (Phi) is 4.35. The van der Waals surface area contributed by atoms with Gasteiger partial charge in [0.1, 0.15) is 6.54 Å². The lowest BCUT2D eigenvalue weighted by Crippen LogP contribution is -2.29. The maximum Gasteiger partial charge on any atom is 0.241 e. The second-order valence-corrected chi connectivity index (χ2v) is 4.50. The van der Waals surface area contributed by atoms with Crippen molar-refractivity contribution in [3.63, 3.8) is 0 Å². The summed E-state index contributed by atoms with van der Waals surface area (Å²) < 4.78 is 1.40. The van der Waals surface area contributed by atoms with E-state index in [4.69, 9.17) is 17.3 Å². The number of rotatable bonds is 5. The van der Waals surface area contributed by atoms with Gasteiger partial charge in [0, 0.05) is 11.6 Å². The first-order chi connectivity index (χ1) is 9.13. The number of halogens is 1. The van der Waals surface area contributed by atoms with Crippen molar-refractivity contribution >= 4 is 23.3 Å². The zero-order valence-corrected chi connectivity index (χ0v) is 11.0. The molecular weight excluding hydrogens is 266 g/mol. The van der Waals surface area contributed by atoms with Gasteiger partial charge in [0.25, 0.3) is 0 Å². The van der Waals surface area contributed by atoms with Crippen LogP contribution in [-0.4, -0.2) is 27.4 Å². The summed E-state index contributed by atoms with van der Waals surface area (Å²) >= 11 is 5.79. The van der Waals surface area contributed by atoms with Gasteiger partial charge < -0.3 is 11.1 Å². The smallest absolute Gasteiger partial charge is 0.241 e. The van der Waals surface area contributed by atoms with Crippen LogP contribution in [0.25, 0.3) is 0 Å². The van der Waals surface area contributed by atoms with Crippen LogP contribution in [0.5, 0.6) is 0 Å². The van der Waals surface area contributed by atoms with E-state index in [0.29, 0.717) is 17.4 Å². The van der Waals surface area contributed by atoms with Crippen LogP contribution in [0.1, 0.15) is 5.56 Å². The molecule has 0 radical (unpaired) electrons. The number of aromatic nitrogens is 3. The average Bonchev–Trinajstić information content (AvgIpc) is 2.77. The molecule has 0 aliphatic heterocycles. The first kappa shape index (κ1) is 13.4. The first-order valence-electron chi connectivity index (χ1n) is 5.80. The van der Waals surface area contributed by atoms with Gasteiger partial charge in [-0.05, 0) is 24.1 Å². The molecule has 0 bridgehead atoms. The van der Waals surface area contributed by atoms with E-state index in [1.165, 1.54) is 10.9 Å². The van der Waals surface area contributed by atoms with Crippen molar-refractivity contribution in [1.82, 2.24) is 20.3 Å². The predicted octanol–water partition coefficient (Wildman–Crippen LogP) is 0.873. The molecule has 100 valence electrons.